The molecule has 4 nitrogen and oxygen atoms in total. The van der Waals surface area contributed by atoms with Crippen LogP contribution in [-0.2, 0) is 9.53 Å². The van der Waals surface area contributed by atoms with Crippen molar-refractivity contribution in [3.8, 4) is 12.1 Å². The third kappa shape index (κ3) is 3.48. The summed E-state index contributed by atoms with van der Waals surface area (Å²) < 4.78 is 4.77. The SMILES string of the molecule is CC(=O)OCC(C#N)c1cc(Cl)ccc1C#N. The number of esters is 1. The average molecular weight is 249 g/mol. The molecule has 1 unspecified atom stereocenters. The Bertz CT molecular complexity index is 514. The van der Waals surface area contributed by atoms with E-state index in [1.807, 2.05) is 12.1 Å². The maximum Gasteiger partial charge on any atom is 0.302 e. The Hall–Kier alpha value is -2.04. The normalized spacial score (nSPS) is 11.1. The predicted molar refractivity (Wildman–Crippen MR) is 61.2 cm³/mol. The number of nitriles is 2. The van der Waals surface area contributed by atoms with Gasteiger partial charge in [-0.05, 0) is 23.8 Å². The molecule has 1 atom stereocenters. The average Bonchev–Trinajstić information content (AvgIpc) is 2.30. The molecule has 5 heteroatoms. The smallest absolute Gasteiger partial charge is 0.302 e. The van der Waals surface area contributed by atoms with Crippen LogP contribution in [0, 0.1) is 22.7 Å². The van der Waals surface area contributed by atoms with Gasteiger partial charge in [-0.15, -0.1) is 0 Å². The summed E-state index contributed by atoms with van der Waals surface area (Å²) in [4.78, 5) is 10.7. The summed E-state index contributed by atoms with van der Waals surface area (Å²) in [7, 11) is 0. The molecule has 0 spiro atoms. The van der Waals surface area contributed by atoms with Gasteiger partial charge < -0.3 is 4.74 Å². The standard InChI is InChI=1S/C12H9ClN2O2/c1-8(16)17-7-10(6-15)12-4-11(13)3-2-9(12)5-14/h2-4,10H,7H2,1H3. The van der Waals surface area contributed by atoms with Crippen molar-refractivity contribution in [2.75, 3.05) is 6.61 Å². The molecule has 0 radical (unpaired) electrons. The Labute approximate surface area is 104 Å². The molecule has 0 heterocycles. The Morgan fingerprint density at radius 3 is 2.76 bits per heavy atom. The van der Waals surface area contributed by atoms with E-state index < -0.39 is 11.9 Å². The zero-order valence-corrected chi connectivity index (χ0v) is 9.86. The molecular formula is C12H9ClN2O2. The van der Waals surface area contributed by atoms with Crippen molar-refractivity contribution in [1.82, 2.24) is 0 Å². The van der Waals surface area contributed by atoms with Gasteiger partial charge in [0, 0.05) is 11.9 Å². The van der Waals surface area contributed by atoms with Crippen LogP contribution in [0.25, 0.3) is 0 Å². The van der Waals surface area contributed by atoms with Crippen LogP contribution in [0.4, 0.5) is 0 Å². The molecule has 0 aliphatic heterocycles. The zero-order valence-electron chi connectivity index (χ0n) is 9.11. The lowest BCUT2D eigenvalue weighted by Crippen LogP contribution is -2.10. The van der Waals surface area contributed by atoms with E-state index in [0.717, 1.165) is 0 Å². The van der Waals surface area contributed by atoms with Gasteiger partial charge in [0.15, 0.2) is 0 Å². The second-order valence-corrected chi connectivity index (χ2v) is 3.76. The summed E-state index contributed by atoms with van der Waals surface area (Å²) in [5, 5.41) is 18.4. The van der Waals surface area contributed by atoms with Gasteiger partial charge in [0.05, 0.1) is 17.7 Å². The second kappa shape index (κ2) is 5.89. The number of hydrogen-bond acceptors (Lipinski definition) is 4. The fourth-order valence-corrected chi connectivity index (χ4v) is 1.50. The van der Waals surface area contributed by atoms with Gasteiger partial charge in [-0.3, -0.25) is 4.79 Å². The summed E-state index contributed by atoms with van der Waals surface area (Å²) in [6, 6.07) is 8.61. The van der Waals surface area contributed by atoms with Crippen LogP contribution in [0.3, 0.4) is 0 Å². The lowest BCUT2D eigenvalue weighted by Gasteiger charge is -2.11. The van der Waals surface area contributed by atoms with Gasteiger partial charge in [-0.25, -0.2) is 0 Å². The first-order chi connectivity index (χ1) is 8.08. The fraction of sp³-hybridized carbons (Fsp3) is 0.250. The minimum Gasteiger partial charge on any atom is -0.464 e. The van der Waals surface area contributed by atoms with E-state index in [4.69, 9.17) is 26.9 Å². The molecule has 0 saturated carbocycles. The van der Waals surface area contributed by atoms with Crippen LogP contribution in [0.1, 0.15) is 24.0 Å². The lowest BCUT2D eigenvalue weighted by molar-refractivity contribution is -0.141. The summed E-state index contributed by atoms with van der Waals surface area (Å²) in [6.07, 6.45) is 0. The number of ether oxygens (including phenoxy) is 1. The Balaban J connectivity index is 3.04. The lowest BCUT2D eigenvalue weighted by atomic mass is 9.96. The maximum absolute atomic E-state index is 10.7. The van der Waals surface area contributed by atoms with Crippen molar-refractivity contribution in [3.05, 3.63) is 34.3 Å². The minimum atomic E-state index is -0.688. The molecule has 0 N–H and O–H groups in total. The van der Waals surface area contributed by atoms with Crippen LogP contribution in [-0.4, -0.2) is 12.6 Å². The number of rotatable bonds is 3. The van der Waals surface area contributed by atoms with Gasteiger partial charge >= 0.3 is 5.97 Å². The molecule has 1 aromatic rings. The second-order valence-electron chi connectivity index (χ2n) is 3.33. The van der Waals surface area contributed by atoms with Gasteiger partial charge in [0.25, 0.3) is 0 Å². The van der Waals surface area contributed by atoms with E-state index in [9.17, 15) is 4.79 Å². The van der Waals surface area contributed by atoms with Crippen LogP contribution in [0.5, 0.6) is 0 Å². The number of halogens is 1. The van der Waals surface area contributed by atoms with Gasteiger partial charge in [-0.1, -0.05) is 11.6 Å². The van der Waals surface area contributed by atoms with E-state index in [1.54, 1.807) is 6.07 Å². The van der Waals surface area contributed by atoms with Gasteiger partial charge in [0.2, 0.25) is 0 Å². The Kier molecular flexibility index (Phi) is 4.51. The van der Waals surface area contributed by atoms with E-state index in [2.05, 4.69) is 0 Å². The summed E-state index contributed by atoms with van der Waals surface area (Å²) in [5.74, 6) is -1.15. The molecule has 0 bridgehead atoms. The molecule has 86 valence electrons. The molecular weight excluding hydrogens is 240 g/mol. The van der Waals surface area contributed by atoms with Crippen LogP contribution < -0.4 is 0 Å². The van der Waals surface area contributed by atoms with Crippen molar-refractivity contribution < 1.29 is 9.53 Å². The predicted octanol–water partition coefficient (Wildman–Crippen LogP) is 2.38. The number of nitrogens with zero attached hydrogens (tertiary/aromatic N) is 2. The van der Waals surface area contributed by atoms with E-state index >= 15 is 0 Å². The van der Waals surface area contributed by atoms with E-state index in [0.29, 0.717) is 16.1 Å². The van der Waals surface area contributed by atoms with Crippen molar-refractivity contribution >= 4 is 17.6 Å². The maximum atomic E-state index is 10.7. The Morgan fingerprint density at radius 2 is 2.24 bits per heavy atom. The highest BCUT2D eigenvalue weighted by atomic mass is 35.5. The topological polar surface area (TPSA) is 73.9 Å². The Morgan fingerprint density at radius 1 is 1.53 bits per heavy atom. The third-order valence-corrected chi connectivity index (χ3v) is 2.35. The number of hydrogen-bond donors (Lipinski definition) is 0. The first-order valence-electron chi connectivity index (χ1n) is 4.81. The fourth-order valence-electron chi connectivity index (χ4n) is 1.32. The zero-order chi connectivity index (χ0) is 12.8. The number of benzene rings is 1. The first kappa shape index (κ1) is 13.0. The first-order valence-corrected chi connectivity index (χ1v) is 5.18. The monoisotopic (exact) mass is 248 g/mol. The highest BCUT2D eigenvalue weighted by molar-refractivity contribution is 6.30. The highest BCUT2D eigenvalue weighted by Crippen LogP contribution is 2.23. The van der Waals surface area contributed by atoms with Gasteiger partial charge in [0.1, 0.15) is 12.5 Å². The van der Waals surface area contributed by atoms with Crippen LogP contribution in [0.2, 0.25) is 5.02 Å². The molecule has 0 aliphatic rings. The van der Waals surface area contributed by atoms with Crippen LogP contribution >= 0.6 is 11.6 Å². The molecule has 17 heavy (non-hydrogen) atoms. The molecule has 1 rings (SSSR count). The largest absolute Gasteiger partial charge is 0.464 e. The van der Waals surface area contributed by atoms with Crippen molar-refractivity contribution in [2.24, 2.45) is 0 Å². The molecule has 0 amide bonds. The number of carbonyl (C=O) groups is 1. The summed E-state index contributed by atoms with van der Waals surface area (Å²) >= 11 is 5.81. The molecule has 0 saturated heterocycles. The highest BCUT2D eigenvalue weighted by Gasteiger charge is 2.17. The van der Waals surface area contributed by atoms with E-state index in [-0.39, 0.29) is 6.61 Å². The summed E-state index contributed by atoms with van der Waals surface area (Å²) in [6.45, 7) is 1.18. The minimum absolute atomic E-state index is 0.0825. The van der Waals surface area contributed by atoms with E-state index in [1.165, 1.54) is 19.1 Å². The molecule has 1 aromatic carbocycles. The third-order valence-electron chi connectivity index (χ3n) is 2.12. The summed E-state index contributed by atoms with van der Waals surface area (Å²) in [5.41, 5.74) is 0.830. The number of carbonyl (C=O) groups excluding carboxylic acids is 1. The van der Waals surface area contributed by atoms with Gasteiger partial charge in [-0.2, -0.15) is 10.5 Å². The molecule has 0 aromatic heterocycles. The van der Waals surface area contributed by atoms with Crippen LogP contribution in [0.15, 0.2) is 18.2 Å². The van der Waals surface area contributed by atoms with Crippen molar-refractivity contribution in [1.29, 1.82) is 10.5 Å². The molecule has 0 fully saturated rings. The van der Waals surface area contributed by atoms with Crippen molar-refractivity contribution in [2.45, 2.75) is 12.8 Å². The molecule has 0 aliphatic carbocycles. The van der Waals surface area contributed by atoms with Crippen molar-refractivity contribution in [3.63, 3.8) is 0 Å². The quantitative estimate of drug-likeness (QED) is 0.770.